The molecular weight excluding hydrogens is 349 g/mol. The van der Waals surface area contributed by atoms with Crippen LogP contribution in [0.5, 0.6) is 0 Å². The van der Waals surface area contributed by atoms with Gasteiger partial charge in [-0.15, -0.1) is 0 Å². The van der Waals surface area contributed by atoms with E-state index in [1.807, 2.05) is 0 Å². The molecule has 0 saturated carbocycles. The van der Waals surface area contributed by atoms with Gasteiger partial charge in [-0.25, -0.2) is 18.5 Å². The number of sulfonamides is 1. The van der Waals surface area contributed by atoms with Crippen LogP contribution in [0.3, 0.4) is 0 Å². The topological polar surface area (TPSA) is 118 Å². The molecule has 2 aromatic rings. The standard InChI is InChI=1S/C13H13F3N4O3S/c14-13(15,16)10-7-11(21)20-12(19-10)18-6-5-8-1-3-9(4-2-8)24(17,22)23/h1-4,7H,5-6H2,(H2,17,22,23)(H2,18,19,20,21). The van der Waals surface area contributed by atoms with Gasteiger partial charge >= 0.3 is 6.18 Å². The van der Waals surface area contributed by atoms with Crippen LogP contribution in [-0.2, 0) is 22.6 Å². The fourth-order valence-corrected chi connectivity index (χ4v) is 2.37. The third-order valence-electron chi connectivity index (χ3n) is 2.99. The number of hydrogen-bond donors (Lipinski definition) is 3. The molecule has 130 valence electrons. The van der Waals surface area contributed by atoms with Crippen molar-refractivity contribution in [2.75, 3.05) is 11.9 Å². The molecule has 0 fully saturated rings. The van der Waals surface area contributed by atoms with Crippen LogP contribution in [0.15, 0.2) is 40.0 Å². The molecule has 0 saturated heterocycles. The Balaban J connectivity index is 2.02. The molecular formula is C13H13F3N4O3S. The molecule has 4 N–H and O–H groups in total. The minimum absolute atomic E-state index is 0.0388. The quantitative estimate of drug-likeness (QED) is 0.736. The second-order valence-electron chi connectivity index (χ2n) is 4.84. The molecule has 0 unspecified atom stereocenters. The van der Waals surface area contributed by atoms with E-state index in [1.165, 1.54) is 24.3 Å². The maximum Gasteiger partial charge on any atom is 0.433 e. The van der Waals surface area contributed by atoms with Crippen molar-refractivity contribution in [2.45, 2.75) is 17.5 Å². The van der Waals surface area contributed by atoms with E-state index in [2.05, 4.69) is 15.3 Å². The lowest BCUT2D eigenvalue weighted by Gasteiger charge is -2.09. The van der Waals surface area contributed by atoms with Crippen molar-refractivity contribution in [3.63, 3.8) is 0 Å². The Kier molecular flexibility index (Phi) is 4.94. The number of alkyl halides is 3. The third kappa shape index (κ3) is 4.80. The molecule has 0 aliphatic heterocycles. The van der Waals surface area contributed by atoms with E-state index in [-0.39, 0.29) is 17.4 Å². The summed E-state index contributed by atoms with van der Waals surface area (Å²) in [6.45, 7) is 0.180. The van der Waals surface area contributed by atoms with Crippen LogP contribution >= 0.6 is 0 Å². The average Bonchev–Trinajstić information content (AvgIpc) is 2.45. The Morgan fingerprint density at radius 2 is 1.83 bits per heavy atom. The van der Waals surface area contributed by atoms with Crippen molar-refractivity contribution in [3.05, 3.63) is 51.9 Å². The molecule has 0 bridgehead atoms. The first-order valence-corrected chi connectivity index (χ1v) is 8.14. The molecule has 0 radical (unpaired) electrons. The Hall–Kier alpha value is -2.40. The van der Waals surface area contributed by atoms with Gasteiger partial charge in [-0.1, -0.05) is 12.1 Å². The molecule has 0 aliphatic rings. The van der Waals surface area contributed by atoms with Crippen LogP contribution in [0.2, 0.25) is 0 Å². The van der Waals surface area contributed by atoms with Crippen LogP contribution in [0.4, 0.5) is 19.1 Å². The fraction of sp³-hybridized carbons (Fsp3) is 0.231. The van der Waals surface area contributed by atoms with Crippen LogP contribution in [-0.4, -0.2) is 24.9 Å². The van der Waals surface area contributed by atoms with Gasteiger partial charge in [0.2, 0.25) is 16.0 Å². The maximum absolute atomic E-state index is 12.6. The summed E-state index contributed by atoms with van der Waals surface area (Å²) in [5, 5.41) is 7.55. The van der Waals surface area contributed by atoms with Crippen molar-refractivity contribution < 1.29 is 21.6 Å². The number of nitrogens with zero attached hydrogens (tertiary/aromatic N) is 1. The van der Waals surface area contributed by atoms with Gasteiger partial charge < -0.3 is 5.32 Å². The first-order chi connectivity index (χ1) is 11.1. The summed E-state index contributed by atoms with van der Waals surface area (Å²) in [5.41, 5.74) is -1.48. The van der Waals surface area contributed by atoms with Crippen LogP contribution in [0.1, 0.15) is 11.3 Å². The molecule has 11 heteroatoms. The predicted molar refractivity (Wildman–Crippen MR) is 79.9 cm³/mol. The summed E-state index contributed by atoms with van der Waals surface area (Å²) < 4.78 is 59.9. The minimum Gasteiger partial charge on any atom is -0.355 e. The number of H-pyrrole nitrogens is 1. The fourth-order valence-electron chi connectivity index (χ4n) is 1.86. The highest BCUT2D eigenvalue weighted by Gasteiger charge is 2.33. The summed E-state index contributed by atoms with van der Waals surface area (Å²) in [6.07, 6.45) is -4.35. The number of hydrogen-bond acceptors (Lipinski definition) is 5. The molecule has 0 amide bonds. The Labute approximate surface area is 134 Å². The highest BCUT2D eigenvalue weighted by atomic mass is 32.2. The number of benzene rings is 1. The maximum atomic E-state index is 12.6. The summed E-state index contributed by atoms with van der Waals surface area (Å²) >= 11 is 0. The number of rotatable bonds is 5. The van der Waals surface area contributed by atoms with Crippen molar-refractivity contribution in [2.24, 2.45) is 5.14 Å². The van der Waals surface area contributed by atoms with Crippen LogP contribution < -0.4 is 16.0 Å². The van der Waals surface area contributed by atoms with Gasteiger partial charge in [-0.05, 0) is 24.1 Å². The molecule has 1 aromatic heterocycles. The number of aromatic amines is 1. The van der Waals surface area contributed by atoms with Crippen molar-refractivity contribution in [1.82, 2.24) is 9.97 Å². The lowest BCUT2D eigenvalue weighted by atomic mass is 10.1. The van der Waals surface area contributed by atoms with E-state index >= 15 is 0 Å². The highest BCUT2D eigenvalue weighted by Crippen LogP contribution is 2.26. The Morgan fingerprint density at radius 3 is 2.38 bits per heavy atom. The molecule has 24 heavy (non-hydrogen) atoms. The number of nitrogens with one attached hydrogen (secondary N) is 2. The second kappa shape index (κ2) is 6.61. The van der Waals surface area contributed by atoms with Gasteiger partial charge in [-0.3, -0.25) is 9.78 Å². The largest absolute Gasteiger partial charge is 0.433 e. The average molecular weight is 362 g/mol. The van der Waals surface area contributed by atoms with Gasteiger partial charge in [-0.2, -0.15) is 13.2 Å². The predicted octanol–water partition coefficient (Wildman–Crippen LogP) is 1.09. The molecule has 0 spiro atoms. The van der Waals surface area contributed by atoms with E-state index < -0.39 is 27.5 Å². The van der Waals surface area contributed by atoms with E-state index in [9.17, 15) is 26.4 Å². The number of primary sulfonamides is 1. The lowest BCUT2D eigenvalue weighted by molar-refractivity contribution is -0.141. The van der Waals surface area contributed by atoms with E-state index in [0.717, 1.165) is 5.56 Å². The first kappa shape index (κ1) is 17.9. The van der Waals surface area contributed by atoms with E-state index in [4.69, 9.17) is 5.14 Å². The van der Waals surface area contributed by atoms with E-state index in [0.29, 0.717) is 12.5 Å². The molecule has 0 aliphatic carbocycles. The molecule has 7 nitrogen and oxygen atoms in total. The third-order valence-corrected chi connectivity index (χ3v) is 3.92. The van der Waals surface area contributed by atoms with Gasteiger partial charge in [0.05, 0.1) is 4.90 Å². The molecule has 0 atom stereocenters. The van der Waals surface area contributed by atoms with Gasteiger partial charge in [0, 0.05) is 12.6 Å². The van der Waals surface area contributed by atoms with Gasteiger partial charge in [0.1, 0.15) is 0 Å². The molecule has 1 heterocycles. The number of nitrogens with two attached hydrogens (primary N) is 1. The Bertz CT molecular complexity index is 877. The molecule has 2 rings (SSSR count). The monoisotopic (exact) mass is 362 g/mol. The van der Waals surface area contributed by atoms with Crippen molar-refractivity contribution in [3.8, 4) is 0 Å². The minimum atomic E-state index is -4.71. The summed E-state index contributed by atoms with van der Waals surface area (Å²) in [4.78, 5) is 16.6. The number of anilines is 1. The van der Waals surface area contributed by atoms with Crippen LogP contribution in [0.25, 0.3) is 0 Å². The zero-order valence-electron chi connectivity index (χ0n) is 12.1. The zero-order valence-corrected chi connectivity index (χ0v) is 12.9. The van der Waals surface area contributed by atoms with Crippen molar-refractivity contribution in [1.29, 1.82) is 0 Å². The Morgan fingerprint density at radius 1 is 1.21 bits per heavy atom. The number of aromatic nitrogens is 2. The van der Waals surface area contributed by atoms with Gasteiger partial charge in [0.15, 0.2) is 5.69 Å². The molecule has 1 aromatic carbocycles. The zero-order chi connectivity index (χ0) is 18.0. The van der Waals surface area contributed by atoms with Gasteiger partial charge in [0.25, 0.3) is 5.56 Å². The second-order valence-corrected chi connectivity index (χ2v) is 6.40. The summed E-state index contributed by atoms with van der Waals surface area (Å²) in [5.74, 6) is -0.295. The van der Waals surface area contributed by atoms with Crippen molar-refractivity contribution >= 4 is 16.0 Å². The van der Waals surface area contributed by atoms with Crippen LogP contribution in [0, 0.1) is 0 Å². The highest BCUT2D eigenvalue weighted by molar-refractivity contribution is 7.89. The summed E-state index contributed by atoms with van der Waals surface area (Å²) in [7, 11) is -3.78. The first-order valence-electron chi connectivity index (χ1n) is 6.60. The normalized spacial score (nSPS) is 12.2. The summed E-state index contributed by atoms with van der Waals surface area (Å²) in [6, 6.07) is 6.09. The lowest BCUT2D eigenvalue weighted by Crippen LogP contribution is -2.19. The smallest absolute Gasteiger partial charge is 0.355 e. The number of halogens is 3. The SMILES string of the molecule is NS(=O)(=O)c1ccc(CCNc2nc(C(F)(F)F)cc(=O)[nH]2)cc1. The van der Waals surface area contributed by atoms with E-state index in [1.54, 1.807) is 0 Å².